The lowest BCUT2D eigenvalue weighted by Gasteiger charge is -2.25. The molecule has 0 saturated heterocycles. The Balaban J connectivity index is 1.41. The summed E-state index contributed by atoms with van der Waals surface area (Å²) in [5.41, 5.74) is 8.29. The minimum atomic E-state index is 0.427. The van der Waals surface area contributed by atoms with Crippen molar-refractivity contribution in [2.75, 3.05) is 4.90 Å². The average Bonchev–Trinajstić information content (AvgIpc) is 3.01. The summed E-state index contributed by atoms with van der Waals surface area (Å²) in [6, 6.07) is 44.1. The highest BCUT2D eigenvalue weighted by molar-refractivity contribution is 6.16. The van der Waals surface area contributed by atoms with Crippen molar-refractivity contribution in [3.05, 3.63) is 149 Å². The summed E-state index contributed by atoms with van der Waals surface area (Å²) >= 11 is 0. The van der Waals surface area contributed by atoms with E-state index < -0.39 is 0 Å². The zero-order valence-electron chi connectivity index (χ0n) is 23.0. The molecule has 0 atom stereocenters. The predicted octanol–water partition coefficient (Wildman–Crippen LogP) is 9.99. The molecule has 0 saturated carbocycles. The topological polar surface area (TPSA) is 50.8 Å². The molecule has 0 aliphatic carbocycles. The zero-order valence-corrected chi connectivity index (χ0v) is 23.0. The van der Waals surface area contributed by atoms with Crippen molar-refractivity contribution in [1.82, 2.24) is 0 Å². The number of nitriles is 2. The molecule has 3 nitrogen and oxygen atoms in total. The van der Waals surface area contributed by atoms with Crippen LogP contribution in [0, 0.1) is 36.5 Å². The third kappa shape index (κ3) is 4.71. The molecule has 0 radical (unpaired) electrons. The van der Waals surface area contributed by atoms with E-state index in [1.54, 1.807) is 0 Å². The van der Waals surface area contributed by atoms with Gasteiger partial charge >= 0.3 is 0 Å². The lowest BCUT2D eigenvalue weighted by atomic mass is 9.88. The van der Waals surface area contributed by atoms with Crippen LogP contribution in [0.3, 0.4) is 0 Å². The number of anilines is 3. The molecule has 0 aliphatic heterocycles. The maximum atomic E-state index is 10.2. The molecule has 0 unspecified atom stereocenters. The monoisotopic (exact) mass is 525 g/mol. The Hall–Kier alpha value is -5.64. The van der Waals surface area contributed by atoms with E-state index in [1.165, 1.54) is 5.56 Å². The van der Waals surface area contributed by atoms with Crippen LogP contribution in [0.25, 0.3) is 33.7 Å². The van der Waals surface area contributed by atoms with E-state index in [0.717, 1.165) is 55.3 Å². The fraction of sp³-hybridized carbons (Fsp3) is 0.0526. The van der Waals surface area contributed by atoms with Gasteiger partial charge in [-0.2, -0.15) is 10.5 Å². The Bertz CT molecular complexity index is 2000. The van der Waals surface area contributed by atoms with Gasteiger partial charge in [0.05, 0.1) is 11.1 Å². The molecular weight excluding hydrogens is 498 g/mol. The summed E-state index contributed by atoms with van der Waals surface area (Å²) in [6.45, 7) is 4.08. The molecule has 0 bridgehead atoms. The second-order valence-electron chi connectivity index (χ2n) is 10.2. The minimum Gasteiger partial charge on any atom is -0.311 e. The normalized spacial score (nSPS) is 11.0. The first-order valence-corrected chi connectivity index (χ1v) is 13.6. The van der Waals surface area contributed by atoms with Gasteiger partial charge in [0.1, 0.15) is 12.1 Å². The molecule has 6 aromatic rings. The van der Waals surface area contributed by atoms with Gasteiger partial charge in [-0.3, -0.25) is 0 Å². The second kappa shape index (κ2) is 10.9. The molecule has 0 aromatic heterocycles. The van der Waals surface area contributed by atoms with Crippen LogP contribution in [0.15, 0.2) is 115 Å². The molecule has 0 heterocycles. The van der Waals surface area contributed by atoms with Crippen molar-refractivity contribution < 1.29 is 0 Å². The van der Waals surface area contributed by atoms with Gasteiger partial charge < -0.3 is 4.90 Å². The summed E-state index contributed by atoms with van der Waals surface area (Å²) in [5.74, 6) is 0. The molecule has 0 fully saturated rings. The number of hydrogen-bond donors (Lipinski definition) is 0. The van der Waals surface area contributed by atoms with Gasteiger partial charge in [-0.25, -0.2) is 0 Å². The van der Waals surface area contributed by atoms with Gasteiger partial charge in [0.2, 0.25) is 0 Å². The molecule has 194 valence electrons. The molecule has 41 heavy (non-hydrogen) atoms. The van der Waals surface area contributed by atoms with Crippen LogP contribution in [0.1, 0.15) is 33.4 Å². The molecular formula is C38H27N3. The maximum absolute atomic E-state index is 10.2. The van der Waals surface area contributed by atoms with Crippen LogP contribution in [0.5, 0.6) is 0 Å². The van der Waals surface area contributed by atoms with Crippen LogP contribution in [0.2, 0.25) is 0 Å². The molecule has 6 aromatic carbocycles. The van der Waals surface area contributed by atoms with Gasteiger partial charge in [-0.1, -0.05) is 96.6 Å². The lowest BCUT2D eigenvalue weighted by Crippen LogP contribution is -2.09. The summed E-state index contributed by atoms with van der Waals surface area (Å²) in [4.78, 5) is 2.24. The van der Waals surface area contributed by atoms with Crippen molar-refractivity contribution >= 4 is 50.8 Å². The minimum absolute atomic E-state index is 0.427. The van der Waals surface area contributed by atoms with Gasteiger partial charge in [0.25, 0.3) is 0 Å². The Labute approximate surface area is 240 Å². The number of hydrogen-bond acceptors (Lipinski definition) is 3. The Kier molecular flexibility index (Phi) is 6.78. The summed E-state index contributed by atoms with van der Waals surface area (Å²) in [7, 11) is 0. The largest absolute Gasteiger partial charge is 0.311 e. The average molecular weight is 526 g/mol. The van der Waals surface area contributed by atoms with Crippen molar-refractivity contribution in [3.8, 4) is 12.1 Å². The first-order valence-electron chi connectivity index (χ1n) is 13.6. The van der Waals surface area contributed by atoms with Crippen molar-refractivity contribution in [2.24, 2.45) is 0 Å². The van der Waals surface area contributed by atoms with Gasteiger partial charge in [0, 0.05) is 27.8 Å². The Morgan fingerprint density at radius 3 is 1.76 bits per heavy atom. The van der Waals surface area contributed by atoms with E-state index in [2.05, 4.69) is 103 Å². The smallest absolute Gasteiger partial charge is 0.101 e. The summed E-state index contributed by atoms with van der Waals surface area (Å²) in [5, 5.41) is 23.9. The molecule has 0 spiro atoms. The predicted molar refractivity (Wildman–Crippen MR) is 170 cm³/mol. The molecule has 3 heteroatoms. The second-order valence-corrected chi connectivity index (χ2v) is 10.2. The Morgan fingerprint density at radius 2 is 1.10 bits per heavy atom. The van der Waals surface area contributed by atoms with Crippen molar-refractivity contribution in [3.63, 3.8) is 0 Å². The summed E-state index contributed by atoms with van der Waals surface area (Å²) in [6.07, 6.45) is 4.10. The van der Waals surface area contributed by atoms with Crippen molar-refractivity contribution in [2.45, 2.75) is 13.8 Å². The van der Waals surface area contributed by atoms with E-state index in [0.29, 0.717) is 11.1 Å². The highest BCUT2D eigenvalue weighted by Gasteiger charge is 2.17. The first kappa shape index (κ1) is 25.6. The molecule has 0 N–H and O–H groups in total. The van der Waals surface area contributed by atoms with Crippen LogP contribution in [-0.4, -0.2) is 0 Å². The lowest BCUT2D eigenvalue weighted by molar-refractivity contribution is 1.27. The third-order valence-corrected chi connectivity index (χ3v) is 7.55. The SMILES string of the molecule is Cc1ccc(N(c2ccccc2)c2ccc(C=Cc3cccc4c3c(C#N)c(C#N)c3c(C)cccc34)cc2)cc1. The summed E-state index contributed by atoms with van der Waals surface area (Å²) < 4.78 is 0. The number of benzene rings is 6. The highest BCUT2D eigenvalue weighted by Crippen LogP contribution is 2.37. The maximum Gasteiger partial charge on any atom is 0.101 e. The van der Waals surface area contributed by atoms with Crippen LogP contribution >= 0.6 is 0 Å². The van der Waals surface area contributed by atoms with Gasteiger partial charge in [0.15, 0.2) is 0 Å². The van der Waals surface area contributed by atoms with E-state index in [4.69, 9.17) is 0 Å². The Morgan fingerprint density at radius 1 is 0.537 bits per heavy atom. The number of aryl methyl sites for hydroxylation is 2. The van der Waals surface area contributed by atoms with Gasteiger partial charge in [-0.15, -0.1) is 0 Å². The number of para-hydroxylation sites is 1. The third-order valence-electron chi connectivity index (χ3n) is 7.55. The van der Waals surface area contributed by atoms with Gasteiger partial charge in [-0.05, 0) is 77.7 Å². The van der Waals surface area contributed by atoms with E-state index in [9.17, 15) is 10.5 Å². The number of rotatable bonds is 5. The van der Waals surface area contributed by atoms with Crippen LogP contribution < -0.4 is 4.90 Å². The number of nitrogens with zero attached hydrogens (tertiary/aromatic N) is 3. The van der Waals surface area contributed by atoms with E-state index in [1.807, 2.05) is 55.5 Å². The molecule has 6 rings (SSSR count). The number of fused-ring (bicyclic) bond motifs is 3. The zero-order chi connectivity index (χ0) is 28.3. The fourth-order valence-electron chi connectivity index (χ4n) is 5.55. The van der Waals surface area contributed by atoms with E-state index in [-0.39, 0.29) is 0 Å². The fourth-order valence-corrected chi connectivity index (χ4v) is 5.55. The molecule has 0 amide bonds. The first-order chi connectivity index (χ1) is 20.1. The van der Waals surface area contributed by atoms with Crippen molar-refractivity contribution in [1.29, 1.82) is 10.5 Å². The highest BCUT2D eigenvalue weighted by atomic mass is 15.1. The standard InChI is InChI=1S/C38H27N3/c1-26-14-20-31(21-15-26)41(30-10-4-3-5-11-30)32-22-17-28(18-23-32)16-19-29-9-7-13-34-33-12-6-8-27(2)37(33)35(24-39)36(25-40)38(29)34/h3-23H,1-2H3. The van der Waals surface area contributed by atoms with Crippen LogP contribution in [-0.2, 0) is 0 Å². The van der Waals surface area contributed by atoms with Crippen LogP contribution in [0.4, 0.5) is 17.1 Å². The van der Waals surface area contributed by atoms with E-state index >= 15 is 0 Å². The molecule has 0 aliphatic rings. The quantitative estimate of drug-likeness (QED) is 0.166.